The maximum absolute atomic E-state index is 11.6. The van der Waals surface area contributed by atoms with Crippen molar-refractivity contribution < 1.29 is 24.3 Å². The molecule has 9 nitrogen and oxygen atoms in total. The number of rotatable bonds is 6. The van der Waals surface area contributed by atoms with Gasteiger partial charge in [0.15, 0.2) is 5.75 Å². The average molecular weight is 309 g/mol. The Morgan fingerprint density at radius 2 is 2.14 bits per heavy atom. The van der Waals surface area contributed by atoms with Crippen molar-refractivity contribution in [2.24, 2.45) is 10.2 Å². The van der Waals surface area contributed by atoms with E-state index in [2.05, 4.69) is 10.2 Å². The molecule has 0 aliphatic heterocycles. The third kappa shape index (κ3) is 4.27. The molecule has 0 bridgehead atoms. The Kier molecular flexibility index (Phi) is 5.99. The summed E-state index contributed by atoms with van der Waals surface area (Å²) in [7, 11) is 1.32. The van der Waals surface area contributed by atoms with E-state index in [-0.39, 0.29) is 35.2 Å². The van der Waals surface area contributed by atoms with Crippen molar-refractivity contribution in [2.75, 3.05) is 13.7 Å². The molecular formula is C13H15N3O6. The van der Waals surface area contributed by atoms with E-state index in [1.807, 2.05) is 0 Å². The third-order valence-corrected chi connectivity index (χ3v) is 2.44. The van der Waals surface area contributed by atoms with Gasteiger partial charge in [-0.1, -0.05) is 0 Å². The maximum atomic E-state index is 11.6. The molecule has 0 aliphatic carbocycles. The van der Waals surface area contributed by atoms with Gasteiger partial charge in [0.2, 0.25) is 5.70 Å². The minimum absolute atomic E-state index is 0.108. The fourth-order valence-corrected chi connectivity index (χ4v) is 1.43. The first-order chi connectivity index (χ1) is 10.4. The molecule has 0 aliphatic rings. The lowest BCUT2D eigenvalue weighted by atomic mass is 10.2. The number of allylic oxidation sites excluding steroid dienone is 1. The van der Waals surface area contributed by atoms with Gasteiger partial charge < -0.3 is 14.6 Å². The first kappa shape index (κ1) is 17.1. The van der Waals surface area contributed by atoms with Crippen LogP contribution < -0.4 is 4.74 Å². The van der Waals surface area contributed by atoms with E-state index >= 15 is 0 Å². The zero-order chi connectivity index (χ0) is 16.7. The van der Waals surface area contributed by atoms with Crippen LogP contribution in [0.25, 0.3) is 0 Å². The number of methoxy groups -OCH3 is 1. The number of azo groups is 1. The molecule has 0 unspecified atom stereocenters. The van der Waals surface area contributed by atoms with Crippen LogP contribution in [-0.4, -0.2) is 29.7 Å². The number of aliphatic hydroxyl groups excluding tert-OH is 1. The third-order valence-electron chi connectivity index (χ3n) is 2.44. The number of non-ortho nitro benzene ring substituents is 1. The molecule has 0 heterocycles. The van der Waals surface area contributed by atoms with Crippen LogP contribution in [0, 0.1) is 10.1 Å². The maximum Gasteiger partial charge on any atom is 0.362 e. The topological polar surface area (TPSA) is 124 Å². The van der Waals surface area contributed by atoms with Crippen molar-refractivity contribution >= 4 is 17.3 Å². The molecule has 0 radical (unpaired) electrons. The molecule has 118 valence electrons. The molecule has 0 aromatic heterocycles. The highest BCUT2D eigenvalue weighted by atomic mass is 16.6. The zero-order valence-corrected chi connectivity index (χ0v) is 12.3. The van der Waals surface area contributed by atoms with E-state index in [0.29, 0.717) is 0 Å². The Labute approximate surface area is 126 Å². The summed E-state index contributed by atoms with van der Waals surface area (Å²) in [5.74, 6) is -1.08. The number of esters is 1. The van der Waals surface area contributed by atoms with E-state index in [4.69, 9.17) is 9.47 Å². The molecule has 1 aromatic carbocycles. The number of carbonyl (C=O) groups is 1. The summed E-state index contributed by atoms with van der Waals surface area (Å²) in [6.07, 6.45) is 0. The summed E-state index contributed by atoms with van der Waals surface area (Å²) in [5.41, 5.74) is -0.367. The largest absolute Gasteiger partial charge is 0.510 e. The number of benzene rings is 1. The normalized spacial score (nSPS) is 12.0. The Morgan fingerprint density at radius 1 is 1.45 bits per heavy atom. The van der Waals surface area contributed by atoms with Crippen molar-refractivity contribution in [1.29, 1.82) is 0 Å². The molecule has 9 heteroatoms. The monoisotopic (exact) mass is 309 g/mol. The van der Waals surface area contributed by atoms with Crippen molar-refractivity contribution in [3.63, 3.8) is 0 Å². The van der Waals surface area contributed by atoms with Gasteiger partial charge in [0.05, 0.1) is 24.7 Å². The molecule has 1 rings (SSSR count). The summed E-state index contributed by atoms with van der Waals surface area (Å²) in [6, 6.07) is 3.71. The summed E-state index contributed by atoms with van der Waals surface area (Å²) >= 11 is 0. The van der Waals surface area contributed by atoms with Gasteiger partial charge in [-0.25, -0.2) is 4.79 Å². The lowest BCUT2D eigenvalue weighted by molar-refractivity contribution is -0.384. The molecule has 1 aromatic rings. The fraction of sp³-hybridized carbons (Fsp3) is 0.308. The van der Waals surface area contributed by atoms with E-state index in [1.165, 1.54) is 32.2 Å². The Bertz CT molecular complexity index is 635. The van der Waals surface area contributed by atoms with Crippen molar-refractivity contribution in [2.45, 2.75) is 13.8 Å². The summed E-state index contributed by atoms with van der Waals surface area (Å²) < 4.78 is 9.71. The smallest absolute Gasteiger partial charge is 0.362 e. The second-order valence-electron chi connectivity index (χ2n) is 3.97. The second kappa shape index (κ2) is 7.72. The Balaban J connectivity index is 3.14. The number of hydrogen-bond donors (Lipinski definition) is 1. The van der Waals surface area contributed by atoms with Gasteiger partial charge >= 0.3 is 5.97 Å². The lowest BCUT2D eigenvalue weighted by Crippen LogP contribution is -2.07. The minimum atomic E-state index is -0.827. The molecule has 0 fully saturated rings. The molecule has 0 saturated heterocycles. The fourth-order valence-electron chi connectivity index (χ4n) is 1.43. The Morgan fingerprint density at radius 3 is 2.64 bits per heavy atom. The summed E-state index contributed by atoms with van der Waals surface area (Å²) in [6.45, 7) is 2.99. The van der Waals surface area contributed by atoms with E-state index in [1.54, 1.807) is 6.92 Å². The number of nitro benzene ring substituents is 1. The number of ether oxygens (including phenoxy) is 2. The lowest BCUT2D eigenvalue weighted by Gasteiger charge is -2.04. The SMILES string of the molecule is CCOC(=O)/C(N=Nc1ccc([N+](=O)[O-])cc1OC)=C(\C)O. The van der Waals surface area contributed by atoms with Gasteiger partial charge in [-0.3, -0.25) is 10.1 Å². The number of nitro groups is 1. The highest BCUT2D eigenvalue weighted by Gasteiger charge is 2.15. The molecule has 1 N–H and O–H groups in total. The van der Waals surface area contributed by atoms with Crippen LogP contribution in [0.2, 0.25) is 0 Å². The number of hydrogen-bond acceptors (Lipinski definition) is 8. The van der Waals surface area contributed by atoms with Gasteiger partial charge in [0.1, 0.15) is 11.4 Å². The van der Waals surface area contributed by atoms with Crippen molar-refractivity contribution in [3.8, 4) is 5.75 Å². The molecule has 22 heavy (non-hydrogen) atoms. The Hall–Kier alpha value is -2.97. The summed E-state index contributed by atoms with van der Waals surface area (Å²) in [5, 5.41) is 27.5. The predicted octanol–water partition coefficient (Wildman–Crippen LogP) is 3.04. The highest BCUT2D eigenvalue weighted by molar-refractivity contribution is 5.88. The first-order valence-electron chi connectivity index (χ1n) is 6.21. The summed E-state index contributed by atoms with van der Waals surface area (Å²) in [4.78, 5) is 21.7. The number of nitrogens with zero attached hydrogens (tertiary/aromatic N) is 3. The van der Waals surface area contributed by atoms with Crippen LogP contribution in [0.4, 0.5) is 11.4 Å². The number of aliphatic hydroxyl groups is 1. The minimum Gasteiger partial charge on any atom is -0.510 e. The standard InChI is InChI=1S/C13H15N3O6/c1-4-22-13(18)12(8(2)17)15-14-10-6-5-9(16(19)20)7-11(10)21-3/h5-7,17H,4H2,1-3H3/b12-8-,15-14?. The van der Waals surface area contributed by atoms with Gasteiger partial charge in [-0.15, -0.1) is 10.2 Å². The van der Waals surface area contributed by atoms with Crippen LogP contribution in [0.15, 0.2) is 39.9 Å². The van der Waals surface area contributed by atoms with Crippen LogP contribution in [-0.2, 0) is 9.53 Å². The quantitative estimate of drug-likeness (QED) is 0.215. The first-order valence-corrected chi connectivity index (χ1v) is 6.21. The molecule has 0 amide bonds. The van der Waals surface area contributed by atoms with Gasteiger partial charge in [-0.05, 0) is 19.9 Å². The average Bonchev–Trinajstić information content (AvgIpc) is 2.47. The molecule has 0 spiro atoms. The number of carbonyl (C=O) groups excluding carboxylic acids is 1. The second-order valence-corrected chi connectivity index (χ2v) is 3.97. The molecular weight excluding hydrogens is 294 g/mol. The zero-order valence-electron chi connectivity index (χ0n) is 12.3. The van der Waals surface area contributed by atoms with Gasteiger partial charge in [0.25, 0.3) is 5.69 Å². The van der Waals surface area contributed by atoms with Crippen LogP contribution in [0.1, 0.15) is 13.8 Å². The highest BCUT2D eigenvalue weighted by Crippen LogP contribution is 2.32. The van der Waals surface area contributed by atoms with E-state index in [0.717, 1.165) is 0 Å². The van der Waals surface area contributed by atoms with Crippen LogP contribution in [0.5, 0.6) is 5.75 Å². The van der Waals surface area contributed by atoms with E-state index in [9.17, 15) is 20.0 Å². The predicted molar refractivity (Wildman–Crippen MR) is 76.1 cm³/mol. The van der Waals surface area contributed by atoms with Crippen LogP contribution >= 0.6 is 0 Å². The van der Waals surface area contributed by atoms with Gasteiger partial charge in [0, 0.05) is 6.07 Å². The molecule has 0 atom stereocenters. The van der Waals surface area contributed by atoms with Gasteiger partial charge in [-0.2, -0.15) is 0 Å². The molecule has 0 saturated carbocycles. The van der Waals surface area contributed by atoms with E-state index < -0.39 is 10.9 Å². The van der Waals surface area contributed by atoms with Crippen molar-refractivity contribution in [1.82, 2.24) is 0 Å². The van der Waals surface area contributed by atoms with Crippen LogP contribution in [0.3, 0.4) is 0 Å². The van der Waals surface area contributed by atoms with Crippen molar-refractivity contribution in [3.05, 3.63) is 39.8 Å².